The Morgan fingerprint density at radius 1 is 0.400 bits per heavy atom. The molecule has 0 aliphatic heterocycles. The highest BCUT2D eigenvalue weighted by Crippen LogP contribution is 1.80. The molecule has 0 aliphatic carbocycles. The zero-order chi connectivity index (χ0) is 27.7. The summed E-state index contributed by atoms with van der Waals surface area (Å²) in [5.41, 5.74) is 25.7. The van der Waals surface area contributed by atoms with Crippen LogP contribution in [0.2, 0.25) is 0 Å². The molecular formula is C24H69N11. The van der Waals surface area contributed by atoms with Crippen molar-refractivity contribution in [3.05, 3.63) is 0 Å². The molecule has 0 rings (SSSR count). The van der Waals surface area contributed by atoms with Gasteiger partial charge in [-0.3, -0.25) is 0 Å². The van der Waals surface area contributed by atoms with Gasteiger partial charge in [-0.05, 0) is 26.1 Å². The number of hydrogen-bond acceptors (Lipinski definition) is 11. The van der Waals surface area contributed by atoms with Gasteiger partial charge in [0.05, 0.1) is 0 Å². The van der Waals surface area contributed by atoms with Gasteiger partial charge in [-0.25, -0.2) is 0 Å². The van der Waals surface area contributed by atoms with Gasteiger partial charge in [-0.1, -0.05) is 41.0 Å². The minimum absolute atomic E-state index is 0.694. The fourth-order valence-electron chi connectivity index (χ4n) is 2.04. The molecule has 0 spiro atoms. The second-order valence-corrected chi connectivity index (χ2v) is 7.02. The molecule has 0 aliphatic rings. The van der Waals surface area contributed by atoms with Crippen molar-refractivity contribution in [2.75, 3.05) is 111 Å². The Morgan fingerprint density at radius 2 is 0.657 bits per heavy atom. The predicted octanol–water partition coefficient (Wildman–Crippen LogP) is -1.86. The number of unbranched alkanes of at least 4 members (excludes halogenated alkanes) is 1. The molecule has 16 N–H and O–H groups in total. The molecule has 0 aromatic rings. The van der Waals surface area contributed by atoms with Crippen molar-refractivity contribution >= 4 is 0 Å². The minimum atomic E-state index is 0.694. The molecule has 0 heterocycles. The van der Waals surface area contributed by atoms with Gasteiger partial charge in [0.2, 0.25) is 0 Å². The number of hydrogen-bond donors (Lipinski definition) is 11. The van der Waals surface area contributed by atoms with Gasteiger partial charge in [0.15, 0.2) is 0 Å². The molecule has 220 valence electrons. The zero-order valence-corrected chi connectivity index (χ0v) is 24.3. The largest absolute Gasteiger partial charge is 0.331 e. The van der Waals surface area contributed by atoms with Crippen LogP contribution >= 0.6 is 0 Å². The first-order valence-electron chi connectivity index (χ1n) is 13.9. The van der Waals surface area contributed by atoms with E-state index in [0.717, 1.165) is 91.6 Å². The summed E-state index contributed by atoms with van der Waals surface area (Å²) in [5, 5.41) is 19.5. The number of likely N-dealkylation sites (N-methyl/N-ethyl adjacent to an activating group) is 1. The summed E-state index contributed by atoms with van der Waals surface area (Å²) >= 11 is 0. The third-order valence-electron chi connectivity index (χ3n) is 3.68. The highest BCUT2D eigenvalue weighted by molar-refractivity contribution is 4.56. The molecule has 0 amide bonds. The van der Waals surface area contributed by atoms with Crippen molar-refractivity contribution in [2.45, 2.75) is 47.5 Å². The fourth-order valence-corrected chi connectivity index (χ4v) is 2.04. The Labute approximate surface area is 219 Å². The van der Waals surface area contributed by atoms with E-state index in [2.05, 4.69) is 45.7 Å². The van der Waals surface area contributed by atoms with E-state index in [9.17, 15) is 0 Å². The van der Waals surface area contributed by atoms with E-state index in [1.165, 1.54) is 12.8 Å². The van der Waals surface area contributed by atoms with Crippen LogP contribution in [0.25, 0.3) is 0 Å². The smallest absolute Gasteiger partial charge is 0.00772 e. The Morgan fingerprint density at radius 3 is 0.914 bits per heavy atom. The maximum Gasteiger partial charge on any atom is 0.00772 e. The summed E-state index contributed by atoms with van der Waals surface area (Å²) in [4.78, 5) is 0. The van der Waals surface area contributed by atoms with Crippen LogP contribution in [-0.2, 0) is 0 Å². The van der Waals surface area contributed by atoms with Crippen LogP contribution in [0.4, 0.5) is 0 Å². The normalized spacial score (nSPS) is 9.43. The maximum absolute atomic E-state index is 5.37. The lowest BCUT2D eigenvalue weighted by atomic mass is 10.3. The van der Waals surface area contributed by atoms with Crippen LogP contribution in [0, 0.1) is 0 Å². The molecule has 0 atom stereocenters. The summed E-state index contributed by atoms with van der Waals surface area (Å²) in [6.45, 7) is 25.7. The molecule has 35 heavy (non-hydrogen) atoms. The van der Waals surface area contributed by atoms with Gasteiger partial charge in [0.25, 0.3) is 0 Å². The van der Waals surface area contributed by atoms with Gasteiger partial charge in [-0.2, -0.15) is 0 Å². The van der Waals surface area contributed by atoms with Crippen LogP contribution in [0.5, 0.6) is 0 Å². The first kappa shape index (κ1) is 44.5. The average molecular weight is 512 g/mol. The number of nitrogens with two attached hydrogens (primary N) is 5. The lowest BCUT2D eigenvalue weighted by Gasteiger charge is -2.08. The van der Waals surface area contributed by atoms with Crippen molar-refractivity contribution < 1.29 is 0 Å². The van der Waals surface area contributed by atoms with E-state index < -0.39 is 0 Å². The van der Waals surface area contributed by atoms with Gasteiger partial charge in [0, 0.05) is 91.6 Å². The molecular weight excluding hydrogens is 442 g/mol. The highest BCUT2D eigenvalue weighted by atomic mass is 15.0. The first-order chi connectivity index (χ1) is 17.2. The lowest BCUT2D eigenvalue weighted by Crippen LogP contribution is -2.36. The molecule has 0 aromatic carbocycles. The molecule has 0 fully saturated rings. The van der Waals surface area contributed by atoms with E-state index >= 15 is 0 Å². The molecule has 0 aromatic heterocycles. The zero-order valence-electron chi connectivity index (χ0n) is 24.3. The van der Waals surface area contributed by atoms with Crippen LogP contribution in [0.3, 0.4) is 0 Å². The van der Waals surface area contributed by atoms with E-state index in [4.69, 9.17) is 28.7 Å². The summed E-state index contributed by atoms with van der Waals surface area (Å²) in [5.74, 6) is 0. The molecule has 0 saturated heterocycles. The van der Waals surface area contributed by atoms with E-state index in [1.54, 1.807) is 0 Å². The van der Waals surface area contributed by atoms with E-state index in [1.807, 2.05) is 20.8 Å². The summed E-state index contributed by atoms with van der Waals surface area (Å²) in [6.07, 6.45) is 2.54. The summed E-state index contributed by atoms with van der Waals surface area (Å²) in [7, 11) is 0. The Balaban J connectivity index is -0.000000137. The van der Waals surface area contributed by atoms with Crippen LogP contribution < -0.4 is 60.6 Å². The third kappa shape index (κ3) is 79.1. The van der Waals surface area contributed by atoms with E-state index in [-0.39, 0.29) is 0 Å². The Kier molecular flexibility index (Phi) is 75.1. The van der Waals surface area contributed by atoms with Crippen molar-refractivity contribution in [2.24, 2.45) is 28.7 Å². The molecule has 0 bridgehead atoms. The monoisotopic (exact) mass is 512 g/mol. The van der Waals surface area contributed by atoms with Crippen molar-refractivity contribution in [3.63, 3.8) is 0 Å². The molecule has 0 unspecified atom stereocenters. The molecule has 11 nitrogen and oxygen atoms in total. The van der Waals surface area contributed by atoms with Crippen LogP contribution in [0.15, 0.2) is 0 Å². The van der Waals surface area contributed by atoms with Gasteiger partial charge >= 0.3 is 0 Å². The second kappa shape index (κ2) is 59.0. The topological polar surface area (TPSA) is 202 Å². The van der Waals surface area contributed by atoms with Crippen molar-refractivity contribution in [1.82, 2.24) is 31.9 Å². The lowest BCUT2D eigenvalue weighted by molar-refractivity contribution is 0.562. The highest BCUT2D eigenvalue weighted by Gasteiger charge is 1.89. The van der Waals surface area contributed by atoms with E-state index in [0.29, 0.717) is 19.6 Å². The van der Waals surface area contributed by atoms with Crippen LogP contribution in [-0.4, -0.2) is 111 Å². The van der Waals surface area contributed by atoms with Crippen molar-refractivity contribution in [3.8, 4) is 0 Å². The number of nitrogens with one attached hydrogen (secondary N) is 6. The Hall–Kier alpha value is -0.440. The van der Waals surface area contributed by atoms with Gasteiger partial charge < -0.3 is 60.6 Å². The maximum atomic E-state index is 5.37. The van der Waals surface area contributed by atoms with Gasteiger partial charge in [0.1, 0.15) is 0 Å². The SMILES string of the molecule is CC.CCCCNCCNCCNCCNCCN.CCN.CCNCCN.NCCNCCN. The minimum Gasteiger partial charge on any atom is -0.331 e. The quantitative estimate of drug-likeness (QED) is 0.0771. The second-order valence-electron chi connectivity index (χ2n) is 7.02. The Bertz CT molecular complexity index is 242. The molecule has 11 heteroatoms. The number of rotatable bonds is 21. The standard InChI is InChI=1S/C12H31N5.C4H13N3.C4H12N2.C2H7N.C2H6/c1-2-3-5-14-7-9-16-11-12-17-10-8-15-6-4-13;5-1-3-7-4-2-6;1-2-6-4-3-5;1-2-3;1-2/h14-17H,2-13H2,1H3;7H,1-6H2;6H,2-5H2,1H3;2-3H2,1H3;1-2H3. The summed E-state index contributed by atoms with van der Waals surface area (Å²) < 4.78 is 0. The first-order valence-corrected chi connectivity index (χ1v) is 13.9. The van der Waals surface area contributed by atoms with Crippen molar-refractivity contribution in [1.29, 1.82) is 0 Å². The third-order valence-corrected chi connectivity index (χ3v) is 3.68. The molecule has 0 saturated carbocycles. The molecule has 0 radical (unpaired) electrons. The van der Waals surface area contributed by atoms with Crippen LogP contribution in [0.1, 0.15) is 47.5 Å². The predicted molar refractivity (Wildman–Crippen MR) is 160 cm³/mol. The summed E-state index contributed by atoms with van der Waals surface area (Å²) in [6, 6.07) is 0. The average Bonchev–Trinajstić information content (AvgIpc) is 2.88. The van der Waals surface area contributed by atoms with Gasteiger partial charge in [-0.15, -0.1) is 0 Å². The fraction of sp³-hybridized carbons (Fsp3) is 1.00.